The first-order chi connectivity index (χ1) is 13.4. The molecule has 28 heavy (non-hydrogen) atoms. The number of nitrogens with zero attached hydrogens (tertiary/aromatic N) is 3. The molecule has 2 amide bonds. The van der Waals surface area contributed by atoms with Gasteiger partial charge in [0.2, 0.25) is 5.91 Å². The van der Waals surface area contributed by atoms with Crippen molar-refractivity contribution in [3.63, 3.8) is 0 Å². The van der Waals surface area contributed by atoms with Crippen LogP contribution in [-0.2, 0) is 9.53 Å². The molecule has 2 aliphatic rings. The van der Waals surface area contributed by atoms with Crippen LogP contribution < -0.4 is 15.1 Å². The van der Waals surface area contributed by atoms with Gasteiger partial charge in [0.15, 0.2) is 0 Å². The normalized spacial score (nSPS) is 23.5. The smallest absolute Gasteiger partial charge is 0.414 e. The Hall–Kier alpha value is -3.15. The van der Waals surface area contributed by atoms with Gasteiger partial charge in [0.1, 0.15) is 18.1 Å². The summed E-state index contributed by atoms with van der Waals surface area (Å²) in [6.07, 6.45) is -0.901. The summed E-state index contributed by atoms with van der Waals surface area (Å²) in [5.41, 5.74) is 0.987. The molecular weight excluding hydrogens is 370 g/mol. The summed E-state index contributed by atoms with van der Waals surface area (Å²) >= 11 is 0. The average molecular weight is 390 g/mol. The molecule has 1 aromatic rings. The molecule has 1 aromatic carbocycles. The van der Waals surface area contributed by atoms with Gasteiger partial charge in [-0.2, -0.15) is 5.26 Å². The molecule has 0 radical (unpaired) electrons. The number of halogens is 2. The first-order valence-electron chi connectivity index (χ1n) is 8.88. The Kier molecular flexibility index (Phi) is 5.78. The van der Waals surface area contributed by atoms with Gasteiger partial charge in [0.25, 0.3) is 0 Å². The Balaban J connectivity index is 1.69. The van der Waals surface area contributed by atoms with Crippen molar-refractivity contribution in [2.24, 2.45) is 0 Å². The van der Waals surface area contributed by atoms with E-state index in [-0.39, 0.29) is 31.2 Å². The van der Waals surface area contributed by atoms with E-state index in [1.807, 2.05) is 6.07 Å². The first kappa shape index (κ1) is 19.6. The van der Waals surface area contributed by atoms with Gasteiger partial charge in [-0.15, -0.1) is 0 Å². The molecule has 2 saturated heterocycles. The van der Waals surface area contributed by atoms with E-state index in [1.165, 1.54) is 30.0 Å². The Morgan fingerprint density at radius 2 is 2.25 bits per heavy atom. The Morgan fingerprint density at radius 1 is 1.46 bits per heavy atom. The molecule has 1 unspecified atom stereocenters. The van der Waals surface area contributed by atoms with Crippen LogP contribution in [0.5, 0.6) is 0 Å². The summed E-state index contributed by atoms with van der Waals surface area (Å²) in [4.78, 5) is 25.9. The molecule has 0 bridgehead atoms. The van der Waals surface area contributed by atoms with E-state index in [2.05, 4.69) is 5.32 Å². The third-order valence-corrected chi connectivity index (χ3v) is 4.74. The third kappa shape index (κ3) is 4.22. The minimum atomic E-state index is -1.32. The number of allylic oxidation sites excluding steroid dienone is 1. The van der Waals surface area contributed by atoms with E-state index in [1.54, 1.807) is 11.0 Å². The summed E-state index contributed by atoms with van der Waals surface area (Å²) in [5, 5.41) is 11.2. The van der Waals surface area contributed by atoms with Crippen molar-refractivity contribution >= 4 is 23.4 Å². The second kappa shape index (κ2) is 8.25. The molecule has 0 aromatic heterocycles. The van der Waals surface area contributed by atoms with Gasteiger partial charge in [-0.1, -0.05) is 0 Å². The predicted molar refractivity (Wildman–Crippen MR) is 98.1 cm³/mol. The number of rotatable bonds is 4. The van der Waals surface area contributed by atoms with Crippen molar-refractivity contribution in [2.45, 2.75) is 25.6 Å². The van der Waals surface area contributed by atoms with Crippen LogP contribution in [0.1, 0.15) is 13.3 Å². The fourth-order valence-corrected chi connectivity index (χ4v) is 3.30. The van der Waals surface area contributed by atoms with E-state index >= 15 is 0 Å². The highest BCUT2D eigenvalue weighted by molar-refractivity contribution is 5.90. The van der Waals surface area contributed by atoms with Crippen LogP contribution >= 0.6 is 0 Å². The highest BCUT2D eigenvalue weighted by atomic mass is 19.1. The maximum absolute atomic E-state index is 14.7. The van der Waals surface area contributed by atoms with Gasteiger partial charge in [-0.05, 0) is 30.2 Å². The Bertz CT molecular complexity index is 852. The van der Waals surface area contributed by atoms with E-state index in [9.17, 15) is 18.4 Å². The van der Waals surface area contributed by atoms with Crippen molar-refractivity contribution in [3.8, 4) is 6.07 Å². The average Bonchev–Trinajstić information content (AvgIpc) is 3.02. The number of hydrogen-bond donors (Lipinski definition) is 1. The number of piperidine rings is 1. The van der Waals surface area contributed by atoms with Crippen LogP contribution in [0.2, 0.25) is 0 Å². The van der Waals surface area contributed by atoms with Gasteiger partial charge in [-0.25, -0.2) is 13.6 Å². The maximum atomic E-state index is 14.7. The fraction of sp³-hybridized carbons (Fsp3) is 0.421. The second-order valence-electron chi connectivity index (χ2n) is 6.70. The molecule has 148 valence electrons. The van der Waals surface area contributed by atoms with Crippen LogP contribution in [0.3, 0.4) is 0 Å². The summed E-state index contributed by atoms with van der Waals surface area (Å²) in [6.45, 7) is 2.10. The zero-order chi connectivity index (χ0) is 20.3. The van der Waals surface area contributed by atoms with Crippen LogP contribution in [-0.4, -0.2) is 50.5 Å². The lowest BCUT2D eigenvalue weighted by atomic mass is 10.0. The molecule has 2 atom stereocenters. The quantitative estimate of drug-likeness (QED) is 0.798. The first-order valence-corrected chi connectivity index (χ1v) is 8.88. The van der Waals surface area contributed by atoms with Crippen molar-refractivity contribution in [1.29, 1.82) is 5.26 Å². The van der Waals surface area contributed by atoms with Crippen LogP contribution in [0.15, 0.2) is 29.8 Å². The number of carbonyl (C=O) groups excluding carboxylic acids is 2. The van der Waals surface area contributed by atoms with Crippen LogP contribution in [0, 0.1) is 17.1 Å². The van der Waals surface area contributed by atoms with Crippen LogP contribution in [0.25, 0.3) is 0 Å². The number of anilines is 2. The van der Waals surface area contributed by atoms with Crippen molar-refractivity contribution < 1.29 is 23.1 Å². The number of hydrogen-bond acceptors (Lipinski definition) is 5. The zero-order valence-corrected chi connectivity index (χ0v) is 15.3. The summed E-state index contributed by atoms with van der Waals surface area (Å²) in [5.74, 6) is -0.805. The number of ether oxygens (including phenoxy) is 1. The summed E-state index contributed by atoms with van der Waals surface area (Å²) in [6, 6.07) is 6.12. The number of nitriles is 1. The number of carbonyl (C=O) groups is 2. The molecule has 2 heterocycles. The molecule has 7 nitrogen and oxygen atoms in total. The van der Waals surface area contributed by atoms with E-state index in [0.717, 1.165) is 0 Å². The lowest BCUT2D eigenvalue weighted by Crippen LogP contribution is -2.38. The largest absolute Gasteiger partial charge is 0.442 e. The van der Waals surface area contributed by atoms with Gasteiger partial charge < -0.3 is 15.0 Å². The summed E-state index contributed by atoms with van der Waals surface area (Å²) < 4.78 is 34.0. The lowest BCUT2D eigenvalue weighted by Gasteiger charge is -2.32. The highest BCUT2D eigenvalue weighted by Gasteiger charge is 2.33. The number of cyclic esters (lactones) is 1. The number of benzene rings is 1. The lowest BCUT2D eigenvalue weighted by molar-refractivity contribution is -0.119. The molecule has 3 rings (SSSR count). The van der Waals surface area contributed by atoms with Crippen molar-refractivity contribution in [3.05, 3.63) is 35.7 Å². The monoisotopic (exact) mass is 390 g/mol. The molecule has 0 saturated carbocycles. The Morgan fingerprint density at radius 3 is 2.89 bits per heavy atom. The van der Waals surface area contributed by atoms with Crippen LogP contribution in [0.4, 0.5) is 25.0 Å². The molecule has 0 spiro atoms. The highest BCUT2D eigenvalue weighted by Crippen LogP contribution is 2.31. The number of nitrogens with one attached hydrogen (secondary N) is 1. The van der Waals surface area contributed by atoms with E-state index in [4.69, 9.17) is 10.00 Å². The molecule has 1 N–H and O–H groups in total. The zero-order valence-electron chi connectivity index (χ0n) is 15.3. The molecule has 9 heteroatoms. The van der Waals surface area contributed by atoms with Crippen molar-refractivity contribution in [2.75, 3.05) is 36.0 Å². The number of alkyl halides is 1. The maximum Gasteiger partial charge on any atom is 0.414 e. The van der Waals surface area contributed by atoms with Gasteiger partial charge in [-0.3, -0.25) is 9.69 Å². The Labute approximate surface area is 161 Å². The van der Waals surface area contributed by atoms with E-state index in [0.29, 0.717) is 24.2 Å². The van der Waals surface area contributed by atoms with Gasteiger partial charge in [0.05, 0.1) is 37.1 Å². The minimum absolute atomic E-state index is 0.0334. The van der Waals surface area contributed by atoms with E-state index < -0.39 is 24.2 Å². The van der Waals surface area contributed by atoms with Crippen molar-refractivity contribution in [1.82, 2.24) is 5.32 Å². The number of amides is 2. The van der Waals surface area contributed by atoms with Gasteiger partial charge >= 0.3 is 6.09 Å². The SMILES string of the molecule is CC(=O)NCC1CN(c2ccc(N3CC/C(=C\C#N)[C@H](F)C3)c(F)c2)C(=O)O1. The fourth-order valence-electron chi connectivity index (χ4n) is 3.30. The molecule has 2 aliphatic heterocycles. The molecular formula is C19H20F2N4O3. The summed E-state index contributed by atoms with van der Waals surface area (Å²) in [7, 11) is 0. The molecule has 2 fully saturated rings. The van der Waals surface area contributed by atoms with Gasteiger partial charge in [0, 0.05) is 19.5 Å². The second-order valence-corrected chi connectivity index (χ2v) is 6.70. The third-order valence-electron chi connectivity index (χ3n) is 4.74. The predicted octanol–water partition coefficient (Wildman–Crippen LogP) is 2.29. The standard InChI is InChI=1S/C19H20F2N4O3/c1-12(26)23-9-15-10-25(19(27)28-15)14-2-3-18(16(20)8-14)24-7-5-13(4-6-22)17(21)11-24/h2-4,8,15,17H,5,7,9-11H2,1H3,(H,23,26)/b13-4+/t15?,17-/m1/s1. The minimum Gasteiger partial charge on any atom is -0.442 e. The topological polar surface area (TPSA) is 85.7 Å². The molecule has 0 aliphatic carbocycles.